The molecule has 5 heteroatoms. The van der Waals surface area contributed by atoms with E-state index < -0.39 is 0 Å². The van der Waals surface area contributed by atoms with Crippen molar-refractivity contribution in [1.82, 2.24) is 0 Å². The SMILES string of the molecule is COC(=O)CCC(CCC(=O)OC)c1cc[n+](Cc2ccccc2)cc1. The summed E-state index contributed by atoms with van der Waals surface area (Å²) in [6.07, 6.45) is 6.03. The van der Waals surface area contributed by atoms with Crippen LogP contribution in [0.4, 0.5) is 0 Å². The summed E-state index contributed by atoms with van der Waals surface area (Å²) in [5, 5.41) is 0. The van der Waals surface area contributed by atoms with E-state index in [2.05, 4.69) is 28.8 Å². The lowest BCUT2D eigenvalue weighted by molar-refractivity contribution is -0.688. The van der Waals surface area contributed by atoms with Crippen LogP contribution in [0.1, 0.15) is 42.7 Å². The molecule has 0 spiro atoms. The normalized spacial score (nSPS) is 10.6. The van der Waals surface area contributed by atoms with Crippen molar-refractivity contribution in [2.24, 2.45) is 0 Å². The molecule has 0 amide bonds. The van der Waals surface area contributed by atoms with E-state index in [0.717, 1.165) is 12.1 Å². The minimum Gasteiger partial charge on any atom is -0.469 e. The summed E-state index contributed by atoms with van der Waals surface area (Å²) in [7, 11) is 2.78. The summed E-state index contributed by atoms with van der Waals surface area (Å²) in [4.78, 5) is 23.0. The molecule has 0 N–H and O–H groups in total. The van der Waals surface area contributed by atoms with E-state index in [9.17, 15) is 9.59 Å². The van der Waals surface area contributed by atoms with Crippen molar-refractivity contribution >= 4 is 11.9 Å². The predicted molar refractivity (Wildman–Crippen MR) is 97.4 cm³/mol. The Balaban J connectivity index is 2.04. The molecule has 0 aliphatic heterocycles. The summed E-state index contributed by atoms with van der Waals surface area (Å²) < 4.78 is 11.6. The number of pyridine rings is 1. The smallest absolute Gasteiger partial charge is 0.305 e. The van der Waals surface area contributed by atoms with Crippen LogP contribution in [0.25, 0.3) is 0 Å². The lowest BCUT2D eigenvalue weighted by Gasteiger charge is -2.15. The maximum atomic E-state index is 11.5. The van der Waals surface area contributed by atoms with Gasteiger partial charge in [0.15, 0.2) is 18.9 Å². The number of esters is 2. The molecule has 0 radical (unpaired) electrons. The van der Waals surface area contributed by atoms with Gasteiger partial charge in [-0.3, -0.25) is 9.59 Å². The molecule has 1 aromatic carbocycles. The summed E-state index contributed by atoms with van der Waals surface area (Å²) in [5.74, 6) is -0.356. The fourth-order valence-corrected chi connectivity index (χ4v) is 2.91. The van der Waals surface area contributed by atoms with Crippen molar-refractivity contribution in [1.29, 1.82) is 0 Å². The van der Waals surface area contributed by atoms with Crippen LogP contribution in [0, 0.1) is 0 Å². The lowest BCUT2D eigenvalue weighted by atomic mass is 9.90. The Labute approximate surface area is 154 Å². The molecule has 0 fully saturated rings. The van der Waals surface area contributed by atoms with Crippen LogP contribution >= 0.6 is 0 Å². The second kappa shape index (κ2) is 10.3. The monoisotopic (exact) mass is 356 g/mol. The molecule has 0 saturated carbocycles. The van der Waals surface area contributed by atoms with Crippen LogP contribution in [0.5, 0.6) is 0 Å². The molecule has 1 heterocycles. The van der Waals surface area contributed by atoms with Crippen molar-refractivity contribution in [2.75, 3.05) is 14.2 Å². The fourth-order valence-electron chi connectivity index (χ4n) is 2.91. The largest absolute Gasteiger partial charge is 0.469 e. The van der Waals surface area contributed by atoms with Crippen LogP contribution in [-0.4, -0.2) is 26.2 Å². The summed E-state index contributed by atoms with van der Waals surface area (Å²) >= 11 is 0. The Morgan fingerprint density at radius 1 is 0.885 bits per heavy atom. The highest BCUT2D eigenvalue weighted by Crippen LogP contribution is 2.26. The number of ether oxygens (including phenoxy) is 2. The lowest BCUT2D eigenvalue weighted by Crippen LogP contribution is -2.33. The molecule has 5 nitrogen and oxygen atoms in total. The van der Waals surface area contributed by atoms with Gasteiger partial charge in [-0.1, -0.05) is 30.3 Å². The molecule has 26 heavy (non-hydrogen) atoms. The van der Waals surface area contributed by atoms with Gasteiger partial charge in [0, 0.05) is 30.5 Å². The number of benzene rings is 1. The molecule has 0 saturated heterocycles. The van der Waals surface area contributed by atoms with Gasteiger partial charge in [0.2, 0.25) is 0 Å². The maximum absolute atomic E-state index is 11.5. The van der Waals surface area contributed by atoms with Crippen molar-refractivity contribution in [2.45, 2.75) is 38.1 Å². The first kappa shape index (κ1) is 19.6. The zero-order valence-electron chi connectivity index (χ0n) is 15.4. The molecule has 0 aliphatic carbocycles. The number of hydrogen-bond acceptors (Lipinski definition) is 4. The first-order valence-electron chi connectivity index (χ1n) is 8.79. The number of rotatable bonds is 9. The van der Waals surface area contributed by atoms with E-state index in [0.29, 0.717) is 25.7 Å². The molecule has 138 valence electrons. The maximum Gasteiger partial charge on any atom is 0.305 e. The number of methoxy groups -OCH3 is 2. The van der Waals surface area contributed by atoms with Gasteiger partial charge in [0.25, 0.3) is 0 Å². The Bertz CT molecular complexity index is 678. The zero-order chi connectivity index (χ0) is 18.8. The molecular formula is C21H26NO4+. The first-order chi connectivity index (χ1) is 12.6. The summed E-state index contributed by atoms with van der Waals surface area (Å²) in [6, 6.07) is 14.4. The molecule has 0 atom stereocenters. The van der Waals surface area contributed by atoms with Crippen LogP contribution in [0.2, 0.25) is 0 Å². The first-order valence-corrected chi connectivity index (χ1v) is 8.79. The van der Waals surface area contributed by atoms with E-state index in [1.807, 2.05) is 30.6 Å². The van der Waals surface area contributed by atoms with Crippen LogP contribution in [0.3, 0.4) is 0 Å². The van der Waals surface area contributed by atoms with Gasteiger partial charge < -0.3 is 9.47 Å². The van der Waals surface area contributed by atoms with E-state index in [-0.39, 0.29) is 17.9 Å². The highest BCUT2D eigenvalue weighted by atomic mass is 16.5. The highest BCUT2D eigenvalue weighted by molar-refractivity contribution is 5.70. The fraction of sp³-hybridized carbons (Fsp3) is 0.381. The van der Waals surface area contributed by atoms with Crippen LogP contribution in [0.15, 0.2) is 54.9 Å². The van der Waals surface area contributed by atoms with E-state index in [1.54, 1.807) is 0 Å². The molecule has 2 aromatic rings. The van der Waals surface area contributed by atoms with Crippen LogP contribution < -0.4 is 4.57 Å². The molecule has 2 rings (SSSR count). The third-order valence-electron chi connectivity index (χ3n) is 4.45. The van der Waals surface area contributed by atoms with Gasteiger partial charge in [-0.25, -0.2) is 4.57 Å². The van der Waals surface area contributed by atoms with Crippen molar-refractivity contribution < 1.29 is 23.6 Å². The third kappa shape index (κ3) is 6.31. The van der Waals surface area contributed by atoms with Crippen molar-refractivity contribution in [3.8, 4) is 0 Å². The Morgan fingerprint density at radius 2 is 1.42 bits per heavy atom. The number of carbonyl (C=O) groups is 2. The average molecular weight is 356 g/mol. The Kier molecular flexibility index (Phi) is 7.80. The van der Waals surface area contributed by atoms with E-state index >= 15 is 0 Å². The molecule has 0 bridgehead atoms. The number of nitrogens with zero attached hydrogens (tertiary/aromatic N) is 1. The van der Waals surface area contributed by atoms with E-state index in [4.69, 9.17) is 9.47 Å². The van der Waals surface area contributed by atoms with Crippen LogP contribution in [-0.2, 0) is 25.6 Å². The average Bonchev–Trinajstić information content (AvgIpc) is 2.69. The summed E-state index contributed by atoms with van der Waals surface area (Å²) in [5.41, 5.74) is 2.35. The Hall–Kier alpha value is -2.69. The van der Waals surface area contributed by atoms with Gasteiger partial charge in [0.05, 0.1) is 14.2 Å². The van der Waals surface area contributed by atoms with Gasteiger partial charge in [-0.05, 0) is 24.3 Å². The van der Waals surface area contributed by atoms with Gasteiger partial charge in [-0.15, -0.1) is 0 Å². The zero-order valence-corrected chi connectivity index (χ0v) is 15.4. The molecule has 0 unspecified atom stereocenters. The Morgan fingerprint density at radius 3 is 1.92 bits per heavy atom. The number of hydrogen-bond donors (Lipinski definition) is 0. The third-order valence-corrected chi connectivity index (χ3v) is 4.45. The van der Waals surface area contributed by atoms with Gasteiger partial charge in [-0.2, -0.15) is 0 Å². The number of carbonyl (C=O) groups excluding carboxylic acids is 2. The van der Waals surface area contributed by atoms with E-state index in [1.165, 1.54) is 19.8 Å². The van der Waals surface area contributed by atoms with Crippen molar-refractivity contribution in [3.05, 3.63) is 66.0 Å². The quantitative estimate of drug-likeness (QED) is 0.512. The minimum absolute atomic E-state index is 0.111. The second-order valence-electron chi connectivity index (χ2n) is 6.22. The predicted octanol–water partition coefficient (Wildman–Crippen LogP) is 3.01. The number of aromatic nitrogens is 1. The molecular weight excluding hydrogens is 330 g/mol. The highest BCUT2D eigenvalue weighted by Gasteiger charge is 2.17. The van der Waals surface area contributed by atoms with Gasteiger partial charge in [0.1, 0.15) is 0 Å². The minimum atomic E-state index is -0.233. The molecule has 1 aromatic heterocycles. The standard InChI is InChI=1S/C21H26NO4/c1-25-20(23)10-8-18(9-11-21(24)26-2)19-12-14-22(15-13-19)16-17-6-4-3-5-7-17/h3-7,12-15,18H,8-11,16H2,1-2H3/q+1. The van der Waals surface area contributed by atoms with Crippen molar-refractivity contribution in [3.63, 3.8) is 0 Å². The molecule has 0 aliphatic rings. The topological polar surface area (TPSA) is 56.5 Å². The summed E-state index contributed by atoms with van der Waals surface area (Å²) in [6.45, 7) is 0.802. The second-order valence-corrected chi connectivity index (χ2v) is 6.22. The van der Waals surface area contributed by atoms with Gasteiger partial charge >= 0.3 is 11.9 Å².